The van der Waals surface area contributed by atoms with Crippen LogP contribution >= 0.6 is 0 Å². The molecule has 1 atom stereocenters. The Balaban J connectivity index is 1.82. The van der Waals surface area contributed by atoms with E-state index in [1.165, 1.54) is 5.56 Å². The van der Waals surface area contributed by atoms with Gasteiger partial charge in [0.25, 0.3) is 5.91 Å². The van der Waals surface area contributed by atoms with Crippen LogP contribution in [-0.4, -0.2) is 43.6 Å². The van der Waals surface area contributed by atoms with Crippen LogP contribution in [0.5, 0.6) is 5.75 Å². The third-order valence-corrected chi connectivity index (χ3v) is 3.57. The molecule has 1 aliphatic rings. The summed E-state index contributed by atoms with van der Waals surface area (Å²) in [6.45, 7) is 3.78. The number of hydrogen-bond donors (Lipinski definition) is 1. The van der Waals surface area contributed by atoms with Gasteiger partial charge in [-0.3, -0.25) is 4.79 Å². The molecule has 1 unspecified atom stereocenters. The van der Waals surface area contributed by atoms with Gasteiger partial charge in [-0.05, 0) is 38.9 Å². The molecule has 4 heteroatoms. The molecule has 1 saturated heterocycles. The molecule has 4 nitrogen and oxygen atoms in total. The monoisotopic (exact) mass is 262 g/mol. The zero-order valence-corrected chi connectivity index (χ0v) is 11.7. The number of amides is 1. The number of piperidine rings is 1. The van der Waals surface area contributed by atoms with E-state index in [-0.39, 0.29) is 12.5 Å². The first-order valence-electron chi connectivity index (χ1n) is 6.83. The SMILES string of the molecule is CNC1CCCN(C(=O)COc2ccc(C)cc2)C1. The van der Waals surface area contributed by atoms with E-state index >= 15 is 0 Å². The average Bonchev–Trinajstić information content (AvgIpc) is 2.46. The summed E-state index contributed by atoms with van der Waals surface area (Å²) < 4.78 is 5.53. The number of rotatable bonds is 4. The van der Waals surface area contributed by atoms with Crippen LogP contribution in [0.1, 0.15) is 18.4 Å². The summed E-state index contributed by atoms with van der Waals surface area (Å²) in [5.41, 5.74) is 1.19. The Bertz CT molecular complexity index is 417. The maximum Gasteiger partial charge on any atom is 0.260 e. The van der Waals surface area contributed by atoms with Crippen molar-refractivity contribution in [3.05, 3.63) is 29.8 Å². The van der Waals surface area contributed by atoms with Gasteiger partial charge in [-0.2, -0.15) is 0 Å². The maximum atomic E-state index is 12.1. The summed E-state index contributed by atoms with van der Waals surface area (Å²) in [4.78, 5) is 14.0. The minimum atomic E-state index is 0.0699. The average molecular weight is 262 g/mol. The fourth-order valence-corrected chi connectivity index (χ4v) is 2.31. The predicted octanol–water partition coefficient (Wildman–Crippen LogP) is 1.58. The molecule has 0 saturated carbocycles. The van der Waals surface area contributed by atoms with E-state index in [9.17, 15) is 4.79 Å². The highest BCUT2D eigenvalue weighted by atomic mass is 16.5. The summed E-state index contributed by atoms with van der Waals surface area (Å²) >= 11 is 0. The second-order valence-electron chi connectivity index (χ2n) is 5.07. The van der Waals surface area contributed by atoms with E-state index in [2.05, 4.69) is 5.32 Å². The molecule has 1 aromatic rings. The number of benzene rings is 1. The minimum Gasteiger partial charge on any atom is -0.484 e. The zero-order chi connectivity index (χ0) is 13.7. The van der Waals surface area contributed by atoms with Crippen molar-refractivity contribution < 1.29 is 9.53 Å². The van der Waals surface area contributed by atoms with E-state index < -0.39 is 0 Å². The molecule has 19 heavy (non-hydrogen) atoms. The second kappa shape index (κ2) is 6.57. The smallest absolute Gasteiger partial charge is 0.260 e. The number of aryl methyl sites for hydroxylation is 1. The Morgan fingerprint density at radius 2 is 2.16 bits per heavy atom. The van der Waals surface area contributed by atoms with Crippen molar-refractivity contribution in [2.24, 2.45) is 0 Å². The van der Waals surface area contributed by atoms with E-state index in [0.717, 1.165) is 31.7 Å². The van der Waals surface area contributed by atoms with Gasteiger partial charge in [-0.25, -0.2) is 0 Å². The normalized spacial score (nSPS) is 19.3. The van der Waals surface area contributed by atoms with E-state index in [1.807, 2.05) is 43.1 Å². The highest BCUT2D eigenvalue weighted by molar-refractivity contribution is 5.77. The number of nitrogens with one attached hydrogen (secondary N) is 1. The lowest BCUT2D eigenvalue weighted by Crippen LogP contribution is -2.48. The van der Waals surface area contributed by atoms with Gasteiger partial charge in [-0.1, -0.05) is 17.7 Å². The molecule has 1 heterocycles. The van der Waals surface area contributed by atoms with Gasteiger partial charge in [-0.15, -0.1) is 0 Å². The second-order valence-corrected chi connectivity index (χ2v) is 5.07. The van der Waals surface area contributed by atoms with Crippen LogP contribution in [0.25, 0.3) is 0 Å². The van der Waals surface area contributed by atoms with Gasteiger partial charge in [0.05, 0.1) is 0 Å². The lowest BCUT2D eigenvalue weighted by atomic mass is 10.1. The van der Waals surface area contributed by atoms with E-state index in [4.69, 9.17) is 4.74 Å². The Hall–Kier alpha value is -1.55. The van der Waals surface area contributed by atoms with Crippen LogP contribution < -0.4 is 10.1 Å². The van der Waals surface area contributed by atoms with Crippen molar-refractivity contribution in [1.82, 2.24) is 10.2 Å². The van der Waals surface area contributed by atoms with Gasteiger partial charge >= 0.3 is 0 Å². The lowest BCUT2D eigenvalue weighted by Gasteiger charge is -2.32. The fourth-order valence-electron chi connectivity index (χ4n) is 2.31. The Morgan fingerprint density at radius 3 is 2.84 bits per heavy atom. The highest BCUT2D eigenvalue weighted by Gasteiger charge is 2.22. The van der Waals surface area contributed by atoms with Gasteiger partial charge < -0.3 is 15.0 Å². The number of nitrogens with zero attached hydrogens (tertiary/aromatic N) is 1. The molecule has 1 N–H and O–H groups in total. The van der Waals surface area contributed by atoms with Crippen molar-refractivity contribution in [3.63, 3.8) is 0 Å². The zero-order valence-electron chi connectivity index (χ0n) is 11.7. The van der Waals surface area contributed by atoms with Crippen LogP contribution in [0.3, 0.4) is 0 Å². The summed E-state index contributed by atoms with van der Waals surface area (Å²) in [5.74, 6) is 0.821. The largest absolute Gasteiger partial charge is 0.484 e. The molecule has 2 rings (SSSR count). The molecule has 0 bridgehead atoms. The third kappa shape index (κ3) is 3.96. The Kier molecular flexibility index (Phi) is 4.80. The van der Waals surface area contributed by atoms with Crippen molar-refractivity contribution in [2.45, 2.75) is 25.8 Å². The lowest BCUT2D eigenvalue weighted by molar-refractivity contribution is -0.134. The van der Waals surface area contributed by atoms with Crippen LogP contribution in [0.4, 0.5) is 0 Å². The van der Waals surface area contributed by atoms with Gasteiger partial charge in [0.2, 0.25) is 0 Å². The number of ether oxygens (including phenoxy) is 1. The molecular formula is C15H22N2O2. The Morgan fingerprint density at radius 1 is 1.42 bits per heavy atom. The van der Waals surface area contributed by atoms with Crippen LogP contribution in [0, 0.1) is 6.92 Å². The first-order valence-corrected chi connectivity index (χ1v) is 6.83. The molecule has 0 radical (unpaired) electrons. The standard InChI is InChI=1S/C15H22N2O2/c1-12-5-7-14(8-6-12)19-11-15(18)17-9-3-4-13(10-17)16-2/h5-8,13,16H,3-4,9-11H2,1-2H3. The van der Waals surface area contributed by atoms with Crippen molar-refractivity contribution in [2.75, 3.05) is 26.7 Å². The van der Waals surface area contributed by atoms with Crippen molar-refractivity contribution in [3.8, 4) is 5.75 Å². The molecule has 0 aliphatic carbocycles. The summed E-state index contributed by atoms with van der Waals surface area (Å²) in [7, 11) is 1.95. The van der Waals surface area contributed by atoms with Crippen molar-refractivity contribution in [1.29, 1.82) is 0 Å². The Labute approximate surface area is 114 Å². The number of carbonyl (C=O) groups excluding carboxylic acids is 1. The summed E-state index contributed by atoms with van der Waals surface area (Å²) in [6, 6.07) is 8.18. The quantitative estimate of drug-likeness (QED) is 0.896. The van der Waals surface area contributed by atoms with Gasteiger partial charge in [0.15, 0.2) is 6.61 Å². The first-order chi connectivity index (χ1) is 9.19. The molecule has 1 fully saturated rings. The number of likely N-dealkylation sites (tertiary alicyclic amines) is 1. The van der Waals surface area contributed by atoms with Crippen LogP contribution in [0.2, 0.25) is 0 Å². The topological polar surface area (TPSA) is 41.6 Å². The van der Waals surface area contributed by atoms with Crippen molar-refractivity contribution >= 4 is 5.91 Å². The first kappa shape index (κ1) is 13.9. The van der Waals surface area contributed by atoms with Gasteiger partial charge in [0, 0.05) is 19.1 Å². The fraction of sp³-hybridized carbons (Fsp3) is 0.533. The van der Waals surface area contributed by atoms with E-state index in [0.29, 0.717) is 6.04 Å². The molecule has 1 aromatic carbocycles. The molecule has 1 amide bonds. The molecule has 1 aliphatic heterocycles. The minimum absolute atomic E-state index is 0.0699. The predicted molar refractivity (Wildman–Crippen MR) is 75.3 cm³/mol. The van der Waals surface area contributed by atoms with Gasteiger partial charge in [0.1, 0.15) is 5.75 Å². The van der Waals surface area contributed by atoms with Crippen LogP contribution in [0.15, 0.2) is 24.3 Å². The molecule has 104 valence electrons. The molecule has 0 spiro atoms. The number of carbonyl (C=O) groups is 1. The maximum absolute atomic E-state index is 12.1. The summed E-state index contributed by atoms with van der Waals surface area (Å²) in [5, 5.41) is 3.23. The number of hydrogen-bond acceptors (Lipinski definition) is 3. The number of likely N-dealkylation sites (N-methyl/N-ethyl adjacent to an activating group) is 1. The molecular weight excluding hydrogens is 240 g/mol. The van der Waals surface area contributed by atoms with E-state index in [1.54, 1.807) is 0 Å². The van der Waals surface area contributed by atoms with Crippen LogP contribution in [-0.2, 0) is 4.79 Å². The summed E-state index contributed by atoms with van der Waals surface area (Å²) in [6.07, 6.45) is 2.20. The highest BCUT2D eigenvalue weighted by Crippen LogP contribution is 2.13. The third-order valence-electron chi connectivity index (χ3n) is 3.57. The molecule has 0 aromatic heterocycles.